The van der Waals surface area contributed by atoms with Crippen molar-refractivity contribution in [2.45, 2.75) is 25.7 Å². The standard InChI is InChI=1S/C19H19NO/c20-13-12-19(10-11-19)15-21-18-8-6-17(7-9-18)14-16-4-2-1-3-5-16/h1-9H,10-12,14-15H2. The summed E-state index contributed by atoms with van der Waals surface area (Å²) in [5.41, 5.74) is 2.74. The average molecular weight is 277 g/mol. The molecule has 0 heterocycles. The first-order valence-corrected chi connectivity index (χ1v) is 7.42. The van der Waals surface area contributed by atoms with Crippen molar-refractivity contribution in [1.82, 2.24) is 0 Å². The third-order valence-corrected chi connectivity index (χ3v) is 4.13. The third-order valence-electron chi connectivity index (χ3n) is 4.13. The lowest BCUT2D eigenvalue weighted by atomic mass is 10.0. The zero-order valence-corrected chi connectivity index (χ0v) is 12.1. The van der Waals surface area contributed by atoms with Crippen LogP contribution >= 0.6 is 0 Å². The molecule has 1 saturated carbocycles. The van der Waals surface area contributed by atoms with Crippen LogP contribution < -0.4 is 4.74 Å². The molecule has 0 atom stereocenters. The van der Waals surface area contributed by atoms with Crippen molar-refractivity contribution in [3.05, 3.63) is 65.7 Å². The Bertz CT molecular complexity index is 621. The molecule has 0 aromatic heterocycles. The second kappa shape index (κ2) is 6.01. The highest BCUT2D eigenvalue weighted by molar-refractivity contribution is 5.31. The minimum atomic E-state index is 0.136. The zero-order chi connectivity index (χ0) is 14.5. The number of nitrogens with zero attached hydrogens (tertiary/aromatic N) is 1. The van der Waals surface area contributed by atoms with Crippen LogP contribution in [-0.2, 0) is 6.42 Å². The maximum atomic E-state index is 8.81. The Balaban J connectivity index is 1.56. The van der Waals surface area contributed by atoms with Gasteiger partial charge in [0.15, 0.2) is 0 Å². The Kier molecular flexibility index (Phi) is 3.92. The first kappa shape index (κ1) is 13.7. The normalized spacial score (nSPS) is 15.2. The van der Waals surface area contributed by atoms with Crippen molar-refractivity contribution in [2.24, 2.45) is 5.41 Å². The van der Waals surface area contributed by atoms with Gasteiger partial charge in [0.2, 0.25) is 0 Å². The monoisotopic (exact) mass is 277 g/mol. The van der Waals surface area contributed by atoms with Crippen LogP contribution in [0.5, 0.6) is 5.75 Å². The van der Waals surface area contributed by atoms with Crippen molar-refractivity contribution in [3.8, 4) is 11.8 Å². The quantitative estimate of drug-likeness (QED) is 0.786. The molecule has 0 radical (unpaired) electrons. The summed E-state index contributed by atoms with van der Waals surface area (Å²) in [6.45, 7) is 0.665. The van der Waals surface area contributed by atoms with Crippen LogP contribution in [0.4, 0.5) is 0 Å². The maximum Gasteiger partial charge on any atom is 0.119 e. The summed E-state index contributed by atoms with van der Waals surface area (Å²) in [6, 6.07) is 21.0. The molecule has 0 spiro atoms. The van der Waals surface area contributed by atoms with Gasteiger partial charge in [-0.1, -0.05) is 42.5 Å². The van der Waals surface area contributed by atoms with E-state index in [1.807, 2.05) is 18.2 Å². The van der Waals surface area contributed by atoms with Crippen molar-refractivity contribution >= 4 is 0 Å². The number of benzene rings is 2. The molecule has 0 bridgehead atoms. The van der Waals surface area contributed by atoms with Crippen LogP contribution in [0.2, 0.25) is 0 Å². The minimum absolute atomic E-state index is 0.136. The molecule has 0 N–H and O–H groups in total. The van der Waals surface area contributed by atoms with Crippen LogP contribution in [0.15, 0.2) is 54.6 Å². The number of hydrogen-bond acceptors (Lipinski definition) is 2. The van der Waals surface area contributed by atoms with E-state index in [0.717, 1.165) is 25.0 Å². The van der Waals surface area contributed by atoms with Gasteiger partial charge in [-0.25, -0.2) is 0 Å². The lowest BCUT2D eigenvalue weighted by molar-refractivity contribution is 0.237. The first-order chi connectivity index (χ1) is 10.3. The summed E-state index contributed by atoms with van der Waals surface area (Å²) < 4.78 is 5.84. The molecule has 2 nitrogen and oxygen atoms in total. The largest absolute Gasteiger partial charge is 0.493 e. The molecule has 1 fully saturated rings. The summed E-state index contributed by atoms with van der Waals surface area (Å²) in [4.78, 5) is 0. The second-order valence-corrected chi connectivity index (χ2v) is 5.93. The molecule has 0 amide bonds. The fourth-order valence-electron chi connectivity index (χ4n) is 2.49. The zero-order valence-electron chi connectivity index (χ0n) is 12.1. The van der Waals surface area contributed by atoms with E-state index in [0.29, 0.717) is 13.0 Å². The molecule has 21 heavy (non-hydrogen) atoms. The van der Waals surface area contributed by atoms with E-state index in [4.69, 9.17) is 10.00 Å². The topological polar surface area (TPSA) is 33.0 Å². The van der Waals surface area contributed by atoms with E-state index in [1.54, 1.807) is 0 Å². The number of hydrogen-bond donors (Lipinski definition) is 0. The summed E-state index contributed by atoms with van der Waals surface area (Å²) in [7, 11) is 0. The maximum absolute atomic E-state index is 8.81. The number of nitriles is 1. The van der Waals surface area contributed by atoms with Crippen LogP contribution in [0.25, 0.3) is 0 Å². The summed E-state index contributed by atoms with van der Waals surface area (Å²) in [6.07, 6.45) is 3.79. The Morgan fingerprint density at radius 1 is 0.952 bits per heavy atom. The number of rotatable bonds is 6. The summed E-state index contributed by atoms with van der Waals surface area (Å²) in [5, 5.41) is 8.81. The van der Waals surface area contributed by atoms with Crippen LogP contribution in [-0.4, -0.2) is 6.61 Å². The molecule has 2 heteroatoms. The minimum Gasteiger partial charge on any atom is -0.493 e. The van der Waals surface area contributed by atoms with E-state index in [-0.39, 0.29) is 5.41 Å². The molecule has 0 aliphatic heterocycles. The van der Waals surface area contributed by atoms with Gasteiger partial charge in [0.05, 0.1) is 12.7 Å². The van der Waals surface area contributed by atoms with Crippen molar-refractivity contribution in [1.29, 1.82) is 5.26 Å². The average Bonchev–Trinajstić information content (AvgIpc) is 3.28. The Hall–Kier alpha value is -2.27. The predicted molar refractivity (Wildman–Crippen MR) is 83.1 cm³/mol. The Labute approximate surface area is 126 Å². The van der Waals surface area contributed by atoms with Crippen molar-refractivity contribution < 1.29 is 4.74 Å². The lowest BCUT2D eigenvalue weighted by Gasteiger charge is -2.13. The van der Waals surface area contributed by atoms with Crippen LogP contribution in [0.1, 0.15) is 30.4 Å². The molecule has 2 aromatic rings. The number of ether oxygens (including phenoxy) is 1. The van der Waals surface area contributed by atoms with Gasteiger partial charge >= 0.3 is 0 Å². The highest BCUT2D eigenvalue weighted by Gasteiger charge is 2.43. The SMILES string of the molecule is N#CCC1(COc2ccc(Cc3ccccc3)cc2)CC1. The van der Waals surface area contributed by atoms with E-state index >= 15 is 0 Å². The molecule has 0 saturated heterocycles. The van der Waals surface area contributed by atoms with Gasteiger partial charge in [-0.3, -0.25) is 0 Å². The van der Waals surface area contributed by atoms with E-state index in [9.17, 15) is 0 Å². The lowest BCUT2D eigenvalue weighted by Crippen LogP contribution is -2.12. The molecule has 0 unspecified atom stereocenters. The molecule has 2 aromatic carbocycles. The van der Waals surface area contributed by atoms with Gasteiger partial charge in [-0.2, -0.15) is 5.26 Å². The van der Waals surface area contributed by atoms with E-state index in [1.165, 1.54) is 11.1 Å². The molecule has 106 valence electrons. The Morgan fingerprint density at radius 2 is 1.62 bits per heavy atom. The molecular weight excluding hydrogens is 258 g/mol. The molecular formula is C19H19NO. The molecule has 1 aliphatic carbocycles. The highest BCUT2D eigenvalue weighted by atomic mass is 16.5. The first-order valence-electron chi connectivity index (χ1n) is 7.42. The predicted octanol–water partition coefficient (Wildman–Crippen LogP) is 4.35. The highest BCUT2D eigenvalue weighted by Crippen LogP contribution is 2.48. The second-order valence-electron chi connectivity index (χ2n) is 5.93. The van der Waals surface area contributed by atoms with Gasteiger partial charge < -0.3 is 4.74 Å². The van der Waals surface area contributed by atoms with Crippen molar-refractivity contribution in [3.63, 3.8) is 0 Å². The molecule has 3 rings (SSSR count). The van der Waals surface area contributed by atoms with Crippen LogP contribution in [0.3, 0.4) is 0 Å². The van der Waals surface area contributed by atoms with Crippen LogP contribution in [0, 0.1) is 16.7 Å². The summed E-state index contributed by atoms with van der Waals surface area (Å²) >= 11 is 0. The van der Waals surface area contributed by atoms with Gasteiger partial charge in [0.1, 0.15) is 5.75 Å². The van der Waals surface area contributed by atoms with Gasteiger partial charge in [0.25, 0.3) is 0 Å². The van der Waals surface area contributed by atoms with Gasteiger partial charge in [0, 0.05) is 11.8 Å². The smallest absolute Gasteiger partial charge is 0.119 e. The van der Waals surface area contributed by atoms with Crippen molar-refractivity contribution in [2.75, 3.05) is 6.61 Å². The summed E-state index contributed by atoms with van der Waals surface area (Å²) in [5.74, 6) is 0.899. The Morgan fingerprint density at radius 3 is 2.24 bits per heavy atom. The van der Waals surface area contributed by atoms with Gasteiger partial charge in [-0.15, -0.1) is 0 Å². The third kappa shape index (κ3) is 3.64. The van der Waals surface area contributed by atoms with E-state index in [2.05, 4.69) is 42.5 Å². The fourth-order valence-corrected chi connectivity index (χ4v) is 2.49. The van der Waals surface area contributed by atoms with E-state index < -0.39 is 0 Å². The molecule has 1 aliphatic rings. The fraction of sp³-hybridized carbons (Fsp3) is 0.316. The van der Waals surface area contributed by atoms with Gasteiger partial charge in [-0.05, 0) is 42.5 Å².